The number of halogens is 1. The summed E-state index contributed by atoms with van der Waals surface area (Å²) in [4.78, 5) is 14.9. The molecule has 136 valence electrons. The van der Waals surface area contributed by atoms with Crippen molar-refractivity contribution in [3.63, 3.8) is 0 Å². The largest absolute Gasteiger partial charge is 0.497 e. The third-order valence-corrected chi connectivity index (χ3v) is 4.22. The molecule has 4 nitrogen and oxygen atoms in total. The van der Waals surface area contributed by atoms with Gasteiger partial charge < -0.3 is 15.0 Å². The van der Waals surface area contributed by atoms with Crippen LogP contribution in [0.2, 0.25) is 0 Å². The molecule has 1 heterocycles. The molecule has 0 bridgehead atoms. The molecule has 0 spiro atoms. The fourth-order valence-electron chi connectivity index (χ4n) is 3.02. The average molecular weight is 355 g/mol. The molecule has 1 amide bonds. The lowest BCUT2D eigenvalue weighted by Crippen LogP contribution is -2.42. The van der Waals surface area contributed by atoms with Crippen molar-refractivity contribution in [2.75, 3.05) is 33.3 Å². The minimum Gasteiger partial charge on any atom is -0.497 e. The highest BCUT2D eigenvalue weighted by atomic mass is 35.5. The Balaban J connectivity index is 0.00000288. The molecule has 1 aliphatic heterocycles. The number of rotatable bonds is 6. The Hall–Kier alpha value is -1.26. The van der Waals surface area contributed by atoms with E-state index in [0.29, 0.717) is 5.91 Å². The highest BCUT2D eigenvalue weighted by Gasteiger charge is 2.29. The van der Waals surface area contributed by atoms with Crippen LogP contribution in [0.1, 0.15) is 32.8 Å². The number of carbonyl (C=O) groups excluding carboxylic acids is 1. The van der Waals surface area contributed by atoms with E-state index in [-0.39, 0.29) is 23.7 Å². The van der Waals surface area contributed by atoms with Gasteiger partial charge in [0.15, 0.2) is 0 Å². The maximum Gasteiger partial charge on any atom is 0.227 e. The molecule has 1 saturated heterocycles. The van der Waals surface area contributed by atoms with Crippen molar-refractivity contribution in [3.05, 3.63) is 29.8 Å². The summed E-state index contributed by atoms with van der Waals surface area (Å²) in [5, 5.41) is 3.30. The molecule has 0 aliphatic carbocycles. The fourth-order valence-corrected chi connectivity index (χ4v) is 3.02. The van der Waals surface area contributed by atoms with Crippen LogP contribution in [0.4, 0.5) is 0 Å². The molecule has 1 aliphatic rings. The Morgan fingerprint density at radius 3 is 2.46 bits per heavy atom. The Morgan fingerprint density at radius 1 is 1.29 bits per heavy atom. The van der Waals surface area contributed by atoms with E-state index < -0.39 is 0 Å². The number of methoxy groups -OCH3 is 1. The zero-order chi connectivity index (χ0) is 16.9. The summed E-state index contributed by atoms with van der Waals surface area (Å²) in [6.45, 7) is 9.92. The van der Waals surface area contributed by atoms with Gasteiger partial charge in [0.25, 0.3) is 0 Å². The van der Waals surface area contributed by atoms with Gasteiger partial charge in [0.2, 0.25) is 5.91 Å². The SMILES string of the molecule is COc1ccc(CCN(CC(C)(C)C)C(=O)C2CCNC2)cc1.Cl. The van der Waals surface area contributed by atoms with Crippen LogP contribution in [0.3, 0.4) is 0 Å². The number of nitrogens with one attached hydrogen (secondary N) is 1. The third kappa shape index (κ3) is 6.33. The lowest BCUT2D eigenvalue weighted by molar-refractivity contribution is -0.136. The molecule has 0 radical (unpaired) electrons. The standard InChI is InChI=1S/C19H30N2O2.ClH/c1-19(2,3)14-21(18(22)16-9-11-20-13-16)12-10-15-5-7-17(23-4)8-6-15;/h5-8,16,20H,9-14H2,1-4H3;1H. The number of ether oxygens (including phenoxy) is 1. The summed E-state index contributed by atoms with van der Waals surface area (Å²) in [5.41, 5.74) is 1.35. The Bertz CT molecular complexity index is 505. The first-order valence-electron chi connectivity index (χ1n) is 8.51. The van der Waals surface area contributed by atoms with Gasteiger partial charge in [-0.25, -0.2) is 0 Å². The quantitative estimate of drug-likeness (QED) is 0.853. The van der Waals surface area contributed by atoms with E-state index in [1.165, 1.54) is 5.56 Å². The number of benzene rings is 1. The molecule has 1 aromatic rings. The Morgan fingerprint density at radius 2 is 1.96 bits per heavy atom. The number of amides is 1. The van der Waals surface area contributed by atoms with Crippen LogP contribution in [0.15, 0.2) is 24.3 Å². The molecular formula is C19H31ClN2O2. The Labute approximate surface area is 152 Å². The molecule has 1 aromatic carbocycles. The Kier molecular flexibility index (Phi) is 8.04. The zero-order valence-corrected chi connectivity index (χ0v) is 16.1. The van der Waals surface area contributed by atoms with Gasteiger partial charge >= 0.3 is 0 Å². The molecule has 0 aromatic heterocycles. The summed E-state index contributed by atoms with van der Waals surface area (Å²) in [6, 6.07) is 8.11. The number of nitrogens with zero attached hydrogens (tertiary/aromatic N) is 1. The number of carbonyl (C=O) groups is 1. The van der Waals surface area contributed by atoms with Crippen LogP contribution < -0.4 is 10.1 Å². The van der Waals surface area contributed by atoms with E-state index in [4.69, 9.17) is 4.74 Å². The predicted octanol–water partition coefficient (Wildman–Crippen LogP) is 3.14. The van der Waals surface area contributed by atoms with Gasteiger partial charge in [-0.1, -0.05) is 32.9 Å². The maximum atomic E-state index is 12.8. The van der Waals surface area contributed by atoms with Crippen molar-refractivity contribution >= 4 is 18.3 Å². The van der Waals surface area contributed by atoms with E-state index in [1.807, 2.05) is 12.1 Å². The van der Waals surface area contributed by atoms with Crippen LogP contribution in [0.25, 0.3) is 0 Å². The van der Waals surface area contributed by atoms with Gasteiger partial charge in [0.05, 0.1) is 13.0 Å². The van der Waals surface area contributed by atoms with E-state index in [1.54, 1.807) is 7.11 Å². The van der Waals surface area contributed by atoms with Crippen molar-refractivity contribution in [1.29, 1.82) is 0 Å². The summed E-state index contributed by atoms with van der Waals surface area (Å²) in [5.74, 6) is 1.32. The van der Waals surface area contributed by atoms with Crippen molar-refractivity contribution in [1.82, 2.24) is 10.2 Å². The second-order valence-electron chi connectivity index (χ2n) is 7.61. The summed E-state index contributed by atoms with van der Waals surface area (Å²) < 4.78 is 5.19. The minimum absolute atomic E-state index is 0. The second-order valence-corrected chi connectivity index (χ2v) is 7.61. The van der Waals surface area contributed by atoms with E-state index in [0.717, 1.165) is 44.8 Å². The van der Waals surface area contributed by atoms with E-state index in [2.05, 4.69) is 43.1 Å². The van der Waals surface area contributed by atoms with Crippen molar-refractivity contribution < 1.29 is 9.53 Å². The zero-order valence-electron chi connectivity index (χ0n) is 15.3. The molecule has 2 rings (SSSR count). The average Bonchev–Trinajstić information content (AvgIpc) is 3.04. The third-order valence-electron chi connectivity index (χ3n) is 4.22. The first-order chi connectivity index (χ1) is 10.9. The van der Waals surface area contributed by atoms with Crippen molar-refractivity contribution in [3.8, 4) is 5.75 Å². The fraction of sp³-hybridized carbons (Fsp3) is 0.632. The molecule has 1 fully saturated rings. The number of hydrogen-bond donors (Lipinski definition) is 1. The molecule has 0 saturated carbocycles. The van der Waals surface area contributed by atoms with E-state index >= 15 is 0 Å². The molecule has 5 heteroatoms. The van der Waals surface area contributed by atoms with Gasteiger partial charge in [0, 0.05) is 19.6 Å². The smallest absolute Gasteiger partial charge is 0.227 e. The van der Waals surface area contributed by atoms with Gasteiger partial charge in [-0.2, -0.15) is 0 Å². The minimum atomic E-state index is 0. The highest BCUT2D eigenvalue weighted by Crippen LogP contribution is 2.20. The second kappa shape index (κ2) is 9.28. The van der Waals surface area contributed by atoms with Crippen LogP contribution in [-0.2, 0) is 11.2 Å². The lowest BCUT2D eigenvalue weighted by atomic mass is 9.94. The summed E-state index contributed by atoms with van der Waals surface area (Å²) >= 11 is 0. The predicted molar refractivity (Wildman–Crippen MR) is 101 cm³/mol. The summed E-state index contributed by atoms with van der Waals surface area (Å²) in [7, 11) is 1.67. The molecule has 24 heavy (non-hydrogen) atoms. The topological polar surface area (TPSA) is 41.6 Å². The monoisotopic (exact) mass is 354 g/mol. The lowest BCUT2D eigenvalue weighted by Gasteiger charge is -2.32. The normalized spacial score (nSPS) is 17.2. The van der Waals surface area contributed by atoms with Gasteiger partial charge in [0.1, 0.15) is 5.75 Å². The molecular weight excluding hydrogens is 324 g/mol. The molecule has 1 unspecified atom stereocenters. The van der Waals surface area contributed by atoms with Crippen LogP contribution in [-0.4, -0.2) is 44.1 Å². The first kappa shape index (κ1) is 20.8. The number of hydrogen-bond acceptors (Lipinski definition) is 3. The maximum absolute atomic E-state index is 12.8. The summed E-state index contributed by atoms with van der Waals surface area (Å²) in [6.07, 6.45) is 1.84. The van der Waals surface area contributed by atoms with Gasteiger partial charge in [-0.15, -0.1) is 12.4 Å². The van der Waals surface area contributed by atoms with Crippen LogP contribution in [0.5, 0.6) is 5.75 Å². The van der Waals surface area contributed by atoms with Crippen molar-refractivity contribution in [2.45, 2.75) is 33.6 Å². The van der Waals surface area contributed by atoms with Crippen LogP contribution in [0, 0.1) is 11.3 Å². The van der Waals surface area contributed by atoms with E-state index in [9.17, 15) is 4.79 Å². The van der Waals surface area contributed by atoms with Gasteiger partial charge in [-0.05, 0) is 42.5 Å². The van der Waals surface area contributed by atoms with Crippen molar-refractivity contribution in [2.24, 2.45) is 11.3 Å². The first-order valence-corrected chi connectivity index (χ1v) is 8.51. The molecule has 1 N–H and O–H groups in total. The highest BCUT2D eigenvalue weighted by molar-refractivity contribution is 5.85. The van der Waals surface area contributed by atoms with Gasteiger partial charge in [-0.3, -0.25) is 4.79 Å². The molecule has 1 atom stereocenters. The van der Waals surface area contributed by atoms with Crippen LogP contribution >= 0.6 is 12.4 Å².